The van der Waals surface area contributed by atoms with Crippen molar-refractivity contribution >= 4 is 22.7 Å². The van der Waals surface area contributed by atoms with Crippen LogP contribution in [0.25, 0.3) is 10.9 Å². The first kappa shape index (κ1) is 16.4. The van der Waals surface area contributed by atoms with E-state index < -0.39 is 0 Å². The van der Waals surface area contributed by atoms with Gasteiger partial charge in [-0.1, -0.05) is 66.6 Å². The Morgan fingerprint density at radius 2 is 1.80 bits per heavy atom. The van der Waals surface area contributed by atoms with Crippen LogP contribution in [0.2, 0.25) is 0 Å². The zero-order valence-electron chi connectivity index (χ0n) is 14.4. The molecule has 0 bridgehead atoms. The van der Waals surface area contributed by atoms with Gasteiger partial charge in [0.1, 0.15) is 0 Å². The van der Waals surface area contributed by atoms with E-state index in [2.05, 4.69) is 31.2 Å². The zero-order valence-corrected chi connectivity index (χ0v) is 15.3. The third kappa shape index (κ3) is 3.36. The van der Waals surface area contributed by atoms with Crippen molar-refractivity contribution in [2.75, 3.05) is 0 Å². The van der Waals surface area contributed by atoms with Crippen LogP contribution in [0.1, 0.15) is 42.9 Å². The molecule has 0 radical (unpaired) electrons. The number of nitrogens with zero attached hydrogens (tertiary/aromatic N) is 2. The minimum absolute atomic E-state index is 0.115. The van der Waals surface area contributed by atoms with Crippen molar-refractivity contribution in [1.82, 2.24) is 9.55 Å². The van der Waals surface area contributed by atoms with Crippen molar-refractivity contribution in [3.8, 4) is 0 Å². The van der Waals surface area contributed by atoms with Crippen molar-refractivity contribution in [3.63, 3.8) is 0 Å². The molecule has 0 aliphatic heterocycles. The Balaban J connectivity index is 1.73. The maximum atomic E-state index is 13.1. The molecule has 128 valence electrons. The Morgan fingerprint density at radius 1 is 1.08 bits per heavy atom. The third-order valence-corrected chi connectivity index (χ3v) is 5.98. The van der Waals surface area contributed by atoms with Crippen LogP contribution >= 0.6 is 11.8 Å². The highest BCUT2D eigenvalue weighted by Crippen LogP contribution is 2.33. The van der Waals surface area contributed by atoms with Crippen LogP contribution in [0, 0.1) is 6.92 Å². The van der Waals surface area contributed by atoms with Crippen molar-refractivity contribution < 1.29 is 0 Å². The molecule has 0 spiro atoms. The van der Waals surface area contributed by atoms with Crippen LogP contribution in [0.3, 0.4) is 0 Å². The lowest BCUT2D eigenvalue weighted by Gasteiger charge is -2.18. The first-order valence-electron chi connectivity index (χ1n) is 8.92. The molecule has 1 fully saturated rings. The zero-order chi connectivity index (χ0) is 17.2. The first-order chi connectivity index (χ1) is 12.2. The van der Waals surface area contributed by atoms with Crippen LogP contribution in [0.4, 0.5) is 0 Å². The Bertz CT molecular complexity index is 940. The molecule has 4 rings (SSSR count). The summed E-state index contributed by atoms with van der Waals surface area (Å²) in [5, 5.41) is 1.59. The molecule has 0 unspecified atom stereocenters. The molecule has 2 aromatic carbocycles. The fraction of sp³-hybridized carbons (Fsp3) is 0.333. The lowest BCUT2D eigenvalue weighted by Crippen LogP contribution is -2.26. The predicted molar refractivity (Wildman–Crippen MR) is 104 cm³/mol. The highest BCUT2D eigenvalue weighted by molar-refractivity contribution is 7.98. The number of aromatic nitrogens is 2. The second-order valence-corrected chi connectivity index (χ2v) is 7.74. The van der Waals surface area contributed by atoms with Gasteiger partial charge < -0.3 is 0 Å². The average molecular weight is 350 g/mol. The highest BCUT2D eigenvalue weighted by atomic mass is 32.2. The van der Waals surface area contributed by atoms with Crippen LogP contribution < -0.4 is 5.56 Å². The standard InChI is InChI=1S/C21H22N2OS/c1-15-10-12-16(13-11-15)14-25-21-22-19-9-5-4-8-18(19)20(24)23(21)17-6-2-3-7-17/h4-5,8-13,17H,2-3,6-7,14H2,1H3. The lowest BCUT2D eigenvalue weighted by atomic mass is 10.2. The summed E-state index contributed by atoms with van der Waals surface area (Å²) in [5.74, 6) is 0.831. The molecule has 0 amide bonds. The van der Waals surface area contributed by atoms with Crippen molar-refractivity contribution in [2.24, 2.45) is 0 Å². The van der Waals surface area contributed by atoms with Crippen LogP contribution in [0.5, 0.6) is 0 Å². The number of aryl methyl sites for hydroxylation is 1. The number of rotatable bonds is 4. The normalized spacial score (nSPS) is 15.1. The molecular weight excluding hydrogens is 328 g/mol. The number of hydrogen-bond acceptors (Lipinski definition) is 3. The fourth-order valence-electron chi connectivity index (χ4n) is 3.54. The lowest BCUT2D eigenvalue weighted by molar-refractivity contribution is 0.457. The smallest absolute Gasteiger partial charge is 0.262 e. The summed E-state index contributed by atoms with van der Waals surface area (Å²) in [6.07, 6.45) is 4.56. The minimum Gasteiger partial charge on any atom is -0.284 e. The maximum Gasteiger partial charge on any atom is 0.262 e. The maximum absolute atomic E-state index is 13.1. The number of benzene rings is 2. The van der Waals surface area contributed by atoms with Gasteiger partial charge in [-0.2, -0.15) is 0 Å². The summed E-state index contributed by atoms with van der Waals surface area (Å²) >= 11 is 1.67. The van der Waals surface area contributed by atoms with E-state index in [1.54, 1.807) is 11.8 Å². The van der Waals surface area contributed by atoms with Gasteiger partial charge in [-0.3, -0.25) is 9.36 Å². The van der Waals surface area contributed by atoms with Crippen molar-refractivity contribution in [3.05, 3.63) is 70.0 Å². The van der Waals surface area contributed by atoms with E-state index >= 15 is 0 Å². The summed E-state index contributed by atoms with van der Waals surface area (Å²) in [7, 11) is 0. The average Bonchev–Trinajstić information content (AvgIpc) is 3.15. The van der Waals surface area contributed by atoms with Crippen LogP contribution in [0.15, 0.2) is 58.5 Å². The van der Waals surface area contributed by atoms with E-state index in [-0.39, 0.29) is 5.56 Å². The molecule has 0 saturated heterocycles. The molecule has 0 atom stereocenters. The summed E-state index contributed by atoms with van der Waals surface area (Å²) in [5.41, 5.74) is 3.44. The molecule has 0 N–H and O–H groups in total. The van der Waals surface area contributed by atoms with E-state index in [0.29, 0.717) is 6.04 Å². The van der Waals surface area contributed by atoms with Crippen LogP contribution in [-0.4, -0.2) is 9.55 Å². The Labute approximate surface area is 152 Å². The van der Waals surface area contributed by atoms with Gasteiger partial charge in [0.2, 0.25) is 0 Å². The van der Waals surface area contributed by atoms with Gasteiger partial charge in [-0.15, -0.1) is 0 Å². The molecule has 1 heterocycles. The Kier molecular flexibility index (Phi) is 4.62. The fourth-order valence-corrected chi connectivity index (χ4v) is 4.57. The van der Waals surface area contributed by atoms with Gasteiger partial charge in [0.05, 0.1) is 10.9 Å². The van der Waals surface area contributed by atoms with Gasteiger partial charge in [-0.25, -0.2) is 4.98 Å². The molecule has 1 saturated carbocycles. The summed E-state index contributed by atoms with van der Waals surface area (Å²) in [6.45, 7) is 2.10. The molecule has 4 heteroatoms. The number of hydrogen-bond donors (Lipinski definition) is 0. The second-order valence-electron chi connectivity index (χ2n) is 6.80. The highest BCUT2D eigenvalue weighted by Gasteiger charge is 2.22. The molecule has 1 aliphatic rings. The van der Waals surface area contributed by atoms with Gasteiger partial charge in [-0.05, 0) is 37.5 Å². The Morgan fingerprint density at radius 3 is 2.56 bits per heavy atom. The minimum atomic E-state index is 0.115. The molecule has 1 aliphatic carbocycles. The van der Waals surface area contributed by atoms with Gasteiger partial charge in [0, 0.05) is 11.8 Å². The molecule has 1 aromatic heterocycles. The quantitative estimate of drug-likeness (QED) is 0.484. The molecule has 25 heavy (non-hydrogen) atoms. The number of thioether (sulfide) groups is 1. The van der Waals surface area contributed by atoms with Gasteiger partial charge >= 0.3 is 0 Å². The summed E-state index contributed by atoms with van der Waals surface area (Å²) in [6, 6.07) is 16.6. The van der Waals surface area contributed by atoms with Gasteiger partial charge in [0.25, 0.3) is 5.56 Å². The van der Waals surface area contributed by atoms with Crippen molar-refractivity contribution in [1.29, 1.82) is 0 Å². The number of fused-ring (bicyclic) bond motifs is 1. The van der Waals surface area contributed by atoms with E-state index in [0.717, 1.165) is 34.7 Å². The molecule has 3 aromatic rings. The Hall–Kier alpha value is -2.07. The second kappa shape index (κ2) is 7.04. The van der Waals surface area contributed by atoms with Crippen molar-refractivity contribution in [2.45, 2.75) is 49.6 Å². The van der Waals surface area contributed by atoms with E-state index in [1.807, 2.05) is 28.8 Å². The summed E-state index contributed by atoms with van der Waals surface area (Å²) in [4.78, 5) is 17.9. The molecule has 3 nitrogen and oxygen atoms in total. The van der Waals surface area contributed by atoms with E-state index in [1.165, 1.54) is 24.0 Å². The van der Waals surface area contributed by atoms with E-state index in [4.69, 9.17) is 4.98 Å². The SMILES string of the molecule is Cc1ccc(CSc2nc3ccccc3c(=O)n2C2CCCC2)cc1. The first-order valence-corrected chi connectivity index (χ1v) is 9.90. The third-order valence-electron chi connectivity index (χ3n) is 4.95. The summed E-state index contributed by atoms with van der Waals surface area (Å²) < 4.78 is 1.97. The largest absolute Gasteiger partial charge is 0.284 e. The van der Waals surface area contributed by atoms with E-state index in [9.17, 15) is 4.79 Å². The molecular formula is C21H22N2OS. The van der Waals surface area contributed by atoms with Gasteiger partial charge in [0.15, 0.2) is 5.16 Å². The number of para-hydroxylation sites is 1. The topological polar surface area (TPSA) is 34.9 Å². The predicted octanol–water partition coefficient (Wildman–Crippen LogP) is 5.11. The monoisotopic (exact) mass is 350 g/mol. The van der Waals surface area contributed by atoms with Crippen LogP contribution in [-0.2, 0) is 5.75 Å².